The highest BCUT2D eigenvalue weighted by Crippen LogP contribution is 2.47. The molecule has 1 N–H and O–H groups in total. The molecular formula is C14H14O4. The summed E-state index contributed by atoms with van der Waals surface area (Å²) < 4.78 is 5.55. The Labute approximate surface area is 105 Å². The standard InChI is InChI=1S/C14H14O4/c15-12(16)9-5-4-6-10-11(9)13(17)18-14(10)7-2-1-3-8-14/h4-6H,1-3,7-8H2,(H,15,16). The molecule has 1 aliphatic heterocycles. The van der Waals surface area contributed by atoms with Crippen molar-refractivity contribution in [3.05, 3.63) is 34.9 Å². The van der Waals surface area contributed by atoms with Gasteiger partial charge in [-0.05, 0) is 31.7 Å². The topological polar surface area (TPSA) is 63.6 Å². The molecule has 1 fully saturated rings. The van der Waals surface area contributed by atoms with E-state index in [1.54, 1.807) is 6.07 Å². The molecule has 2 aliphatic rings. The summed E-state index contributed by atoms with van der Waals surface area (Å²) in [5.74, 6) is -1.55. The van der Waals surface area contributed by atoms with Gasteiger partial charge in [-0.2, -0.15) is 0 Å². The molecule has 1 aromatic rings. The van der Waals surface area contributed by atoms with Gasteiger partial charge in [-0.15, -0.1) is 0 Å². The second-order valence-corrected chi connectivity index (χ2v) is 4.98. The highest BCUT2D eigenvalue weighted by atomic mass is 16.6. The van der Waals surface area contributed by atoms with Crippen LogP contribution in [0.2, 0.25) is 0 Å². The van der Waals surface area contributed by atoms with Crippen LogP contribution in [0.5, 0.6) is 0 Å². The van der Waals surface area contributed by atoms with E-state index in [0.29, 0.717) is 0 Å². The van der Waals surface area contributed by atoms with Crippen LogP contribution < -0.4 is 0 Å². The molecule has 0 amide bonds. The Bertz CT molecular complexity index is 527. The largest absolute Gasteiger partial charge is 0.478 e. The summed E-state index contributed by atoms with van der Waals surface area (Å²) >= 11 is 0. The molecule has 0 radical (unpaired) electrons. The first kappa shape index (κ1) is 11.3. The Balaban J connectivity index is 2.17. The maximum Gasteiger partial charge on any atom is 0.340 e. The molecule has 0 unspecified atom stereocenters. The number of aromatic carboxylic acids is 1. The highest BCUT2D eigenvalue weighted by molar-refractivity contribution is 6.05. The lowest BCUT2D eigenvalue weighted by Gasteiger charge is -2.32. The molecule has 1 aromatic carbocycles. The number of carboxylic acids is 1. The lowest BCUT2D eigenvalue weighted by atomic mass is 9.78. The van der Waals surface area contributed by atoms with Crippen molar-refractivity contribution in [1.29, 1.82) is 0 Å². The first-order valence-corrected chi connectivity index (χ1v) is 6.24. The lowest BCUT2D eigenvalue weighted by Crippen LogP contribution is -2.28. The van der Waals surface area contributed by atoms with Crippen molar-refractivity contribution < 1.29 is 19.4 Å². The summed E-state index contributed by atoms with van der Waals surface area (Å²) in [5.41, 5.74) is 0.523. The van der Waals surface area contributed by atoms with Crippen molar-refractivity contribution in [2.24, 2.45) is 0 Å². The fourth-order valence-corrected chi connectivity index (χ4v) is 3.11. The molecule has 0 atom stereocenters. The van der Waals surface area contributed by atoms with Gasteiger partial charge in [0.2, 0.25) is 0 Å². The zero-order valence-corrected chi connectivity index (χ0v) is 9.94. The van der Waals surface area contributed by atoms with Gasteiger partial charge in [0.15, 0.2) is 0 Å². The number of fused-ring (bicyclic) bond motifs is 2. The SMILES string of the molecule is O=C(O)c1cccc2c1C(=O)OC21CCCCC1. The molecule has 0 saturated heterocycles. The van der Waals surface area contributed by atoms with Gasteiger partial charge in [0, 0.05) is 5.56 Å². The maximum atomic E-state index is 12.0. The molecule has 0 aromatic heterocycles. The van der Waals surface area contributed by atoms with E-state index in [0.717, 1.165) is 37.7 Å². The average molecular weight is 246 g/mol. The summed E-state index contributed by atoms with van der Waals surface area (Å²) in [5, 5.41) is 9.15. The minimum Gasteiger partial charge on any atom is -0.478 e. The van der Waals surface area contributed by atoms with Crippen LogP contribution in [0, 0.1) is 0 Å². The number of hydrogen-bond donors (Lipinski definition) is 1. The van der Waals surface area contributed by atoms with E-state index in [4.69, 9.17) is 9.84 Å². The second kappa shape index (κ2) is 3.83. The lowest BCUT2D eigenvalue weighted by molar-refractivity contribution is -0.0280. The van der Waals surface area contributed by atoms with Crippen LogP contribution in [-0.4, -0.2) is 17.0 Å². The molecule has 18 heavy (non-hydrogen) atoms. The van der Waals surface area contributed by atoms with Crippen molar-refractivity contribution in [3.8, 4) is 0 Å². The van der Waals surface area contributed by atoms with E-state index >= 15 is 0 Å². The van der Waals surface area contributed by atoms with Gasteiger partial charge in [-0.3, -0.25) is 0 Å². The highest BCUT2D eigenvalue weighted by Gasteiger charge is 2.47. The zero-order valence-electron chi connectivity index (χ0n) is 9.94. The quantitative estimate of drug-likeness (QED) is 0.774. The van der Waals surface area contributed by atoms with Crippen LogP contribution in [0.15, 0.2) is 18.2 Å². The Morgan fingerprint density at radius 3 is 2.61 bits per heavy atom. The van der Waals surface area contributed by atoms with Crippen molar-refractivity contribution in [3.63, 3.8) is 0 Å². The predicted octanol–water partition coefficient (Wildman–Crippen LogP) is 2.71. The third-order valence-corrected chi connectivity index (χ3v) is 3.94. The molecule has 1 heterocycles. The van der Waals surface area contributed by atoms with Crippen molar-refractivity contribution in [1.82, 2.24) is 0 Å². The van der Waals surface area contributed by atoms with Gasteiger partial charge in [0.25, 0.3) is 0 Å². The third-order valence-electron chi connectivity index (χ3n) is 3.94. The smallest absolute Gasteiger partial charge is 0.340 e. The van der Waals surface area contributed by atoms with Gasteiger partial charge in [0.1, 0.15) is 5.60 Å². The molecule has 1 saturated carbocycles. The second-order valence-electron chi connectivity index (χ2n) is 4.98. The van der Waals surface area contributed by atoms with Crippen LogP contribution in [0.1, 0.15) is 58.4 Å². The van der Waals surface area contributed by atoms with Gasteiger partial charge in [-0.25, -0.2) is 9.59 Å². The summed E-state index contributed by atoms with van der Waals surface area (Å²) in [6.07, 6.45) is 4.78. The molecule has 0 bridgehead atoms. The molecule has 4 nitrogen and oxygen atoms in total. The first-order valence-electron chi connectivity index (χ1n) is 6.24. The molecular weight excluding hydrogens is 232 g/mol. The van der Waals surface area contributed by atoms with Crippen LogP contribution in [0.3, 0.4) is 0 Å². The van der Waals surface area contributed by atoms with Crippen LogP contribution in [0.4, 0.5) is 0 Å². The molecule has 1 spiro atoms. The molecule has 4 heteroatoms. The Morgan fingerprint density at radius 1 is 1.22 bits per heavy atom. The van der Waals surface area contributed by atoms with Crippen molar-refractivity contribution >= 4 is 11.9 Å². The predicted molar refractivity (Wildman–Crippen MR) is 63.6 cm³/mol. The fraction of sp³-hybridized carbons (Fsp3) is 0.429. The zero-order chi connectivity index (χ0) is 12.8. The van der Waals surface area contributed by atoms with Gasteiger partial charge in [0.05, 0.1) is 11.1 Å². The maximum absolute atomic E-state index is 12.0. The summed E-state index contributed by atoms with van der Waals surface area (Å²) in [4.78, 5) is 23.1. The Kier molecular flexibility index (Phi) is 2.40. The minimum absolute atomic E-state index is 0.0555. The normalized spacial score (nSPS) is 20.6. The minimum atomic E-state index is -1.07. The van der Waals surface area contributed by atoms with Gasteiger partial charge in [-0.1, -0.05) is 18.6 Å². The summed E-state index contributed by atoms with van der Waals surface area (Å²) in [7, 11) is 0. The van der Waals surface area contributed by atoms with Crippen molar-refractivity contribution in [2.75, 3.05) is 0 Å². The molecule has 94 valence electrons. The number of hydrogen-bond acceptors (Lipinski definition) is 3. The van der Waals surface area contributed by atoms with Crippen LogP contribution in [0.25, 0.3) is 0 Å². The Morgan fingerprint density at radius 2 is 1.94 bits per heavy atom. The van der Waals surface area contributed by atoms with E-state index in [1.165, 1.54) is 6.07 Å². The van der Waals surface area contributed by atoms with E-state index in [9.17, 15) is 9.59 Å². The summed E-state index contributed by atoms with van der Waals surface area (Å²) in [6, 6.07) is 4.99. The fourth-order valence-electron chi connectivity index (χ4n) is 3.11. The number of carboxylic acid groups (broad SMARTS) is 1. The third kappa shape index (κ3) is 1.45. The number of benzene rings is 1. The first-order chi connectivity index (χ1) is 8.64. The Hall–Kier alpha value is -1.84. The van der Waals surface area contributed by atoms with Crippen molar-refractivity contribution in [2.45, 2.75) is 37.7 Å². The monoisotopic (exact) mass is 246 g/mol. The van der Waals surface area contributed by atoms with Gasteiger partial charge < -0.3 is 9.84 Å². The molecule has 1 aliphatic carbocycles. The number of carbonyl (C=O) groups is 2. The number of carbonyl (C=O) groups excluding carboxylic acids is 1. The van der Waals surface area contributed by atoms with E-state index in [2.05, 4.69) is 0 Å². The molecule has 3 rings (SSSR count). The number of ether oxygens (including phenoxy) is 1. The van der Waals surface area contributed by atoms with E-state index in [-0.39, 0.29) is 11.1 Å². The van der Waals surface area contributed by atoms with E-state index in [1.807, 2.05) is 6.07 Å². The van der Waals surface area contributed by atoms with Crippen LogP contribution in [-0.2, 0) is 10.3 Å². The number of esters is 1. The van der Waals surface area contributed by atoms with Gasteiger partial charge >= 0.3 is 11.9 Å². The summed E-state index contributed by atoms with van der Waals surface area (Å²) in [6.45, 7) is 0. The van der Waals surface area contributed by atoms with Crippen LogP contribution >= 0.6 is 0 Å². The number of rotatable bonds is 1. The average Bonchev–Trinajstić information content (AvgIpc) is 2.64. The van der Waals surface area contributed by atoms with E-state index < -0.39 is 17.5 Å².